The maximum Gasteiger partial charge on any atom is 0.341 e. The third-order valence-corrected chi connectivity index (χ3v) is 6.49. The average Bonchev–Trinajstić information content (AvgIpc) is 2.95. The summed E-state index contributed by atoms with van der Waals surface area (Å²) in [6.07, 6.45) is 1.56. The van der Waals surface area contributed by atoms with Crippen molar-refractivity contribution in [1.29, 1.82) is 0 Å². The highest BCUT2D eigenvalue weighted by Gasteiger charge is 2.35. The summed E-state index contributed by atoms with van der Waals surface area (Å²) < 4.78 is 30.2. The molecule has 1 amide bonds. The summed E-state index contributed by atoms with van der Waals surface area (Å²) in [5.74, 6) is -1.31. The van der Waals surface area contributed by atoms with Gasteiger partial charge in [0.2, 0.25) is 0 Å². The normalized spacial score (nSPS) is 15.6. The number of amides is 1. The molecule has 1 heterocycles. The molecule has 1 aliphatic heterocycles. The number of ether oxygens (including phenoxy) is 1. The highest BCUT2D eigenvalue weighted by atomic mass is 32.2. The number of benzene rings is 2. The molecule has 0 bridgehead atoms. The number of hydrogen-bond donors (Lipinski definition) is 2. The van der Waals surface area contributed by atoms with E-state index in [1.807, 2.05) is 6.92 Å². The summed E-state index contributed by atoms with van der Waals surface area (Å²) in [6, 6.07) is 12.6. The Kier molecular flexibility index (Phi) is 6.56. The fourth-order valence-electron chi connectivity index (χ4n) is 2.39. The smallest absolute Gasteiger partial charge is 0.341 e. The molecule has 0 unspecified atom stereocenters. The van der Waals surface area contributed by atoms with Crippen LogP contribution in [0.3, 0.4) is 0 Å². The van der Waals surface area contributed by atoms with E-state index in [1.165, 1.54) is 12.1 Å². The molecule has 156 valence electrons. The van der Waals surface area contributed by atoms with Crippen LogP contribution >= 0.6 is 24.0 Å². The number of carboxylic acids is 1. The molecule has 0 saturated carbocycles. The van der Waals surface area contributed by atoms with Gasteiger partial charge in [-0.15, -0.1) is 4.83 Å². The molecule has 0 aromatic heterocycles. The van der Waals surface area contributed by atoms with E-state index in [4.69, 9.17) is 22.1 Å². The van der Waals surface area contributed by atoms with Gasteiger partial charge in [-0.05, 0) is 42.8 Å². The van der Waals surface area contributed by atoms with Crippen LogP contribution in [-0.2, 0) is 19.6 Å². The van der Waals surface area contributed by atoms with Crippen LogP contribution in [0.2, 0.25) is 0 Å². The molecule has 0 atom stereocenters. The van der Waals surface area contributed by atoms with Crippen molar-refractivity contribution in [1.82, 2.24) is 9.84 Å². The second-order valence-electron chi connectivity index (χ2n) is 6.18. The predicted molar refractivity (Wildman–Crippen MR) is 116 cm³/mol. The lowest BCUT2D eigenvalue weighted by Gasteiger charge is -2.16. The van der Waals surface area contributed by atoms with Crippen molar-refractivity contribution in [2.75, 3.05) is 6.61 Å². The first-order chi connectivity index (χ1) is 14.2. The second kappa shape index (κ2) is 8.96. The lowest BCUT2D eigenvalue weighted by molar-refractivity contribution is -0.139. The third kappa shape index (κ3) is 5.25. The molecule has 30 heavy (non-hydrogen) atoms. The van der Waals surface area contributed by atoms with Crippen molar-refractivity contribution in [3.63, 3.8) is 0 Å². The predicted octanol–water partition coefficient (Wildman–Crippen LogP) is 2.55. The van der Waals surface area contributed by atoms with E-state index in [1.54, 1.807) is 42.5 Å². The SMILES string of the molecule is Cc1ccc(S(=O)(=O)NN2C(=O)/C(=C\c3ccc(OCC(=O)O)cc3)SC2=S)cc1. The van der Waals surface area contributed by atoms with Crippen LogP contribution < -0.4 is 9.57 Å². The Morgan fingerprint density at radius 2 is 1.83 bits per heavy atom. The maximum atomic E-state index is 12.7. The van der Waals surface area contributed by atoms with Gasteiger partial charge in [0, 0.05) is 0 Å². The van der Waals surface area contributed by atoms with Gasteiger partial charge in [0.1, 0.15) is 5.75 Å². The molecule has 0 spiro atoms. The molecular formula is C19H16N2O6S3. The zero-order chi connectivity index (χ0) is 21.9. The van der Waals surface area contributed by atoms with Crippen LogP contribution in [0.4, 0.5) is 0 Å². The van der Waals surface area contributed by atoms with Gasteiger partial charge in [-0.3, -0.25) is 4.79 Å². The molecule has 0 radical (unpaired) electrons. The minimum absolute atomic E-state index is 0.0167. The van der Waals surface area contributed by atoms with Crippen LogP contribution in [0.5, 0.6) is 5.75 Å². The van der Waals surface area contributed by atoms with E-state index in [0.717, 1.165) is 22.3 Å². The van der Waals surface area contributed by atoms with Crippen LogP contribution in [0, 0.1) is 6.92 Å². The fraction of sp³-hybridized carbons (Fsp3) is 0.105. The molecular weight excluding hydrogens is 448 g/mol. The van der Waals surface area contributed by atoms with E-state index in [2.05, 4.69) is 4.83 Å². The Bertz CT molecular complexity index is 1130. The van der Waals surface area contributed by atoms with Crippen molar-refractivity contribution in [2.24, 2.45) is 0 Å². The zero-order valence-electron chi connectivity index (χ0n) is 15.6. The number of carboxylic acid groups (broad SMARTS) is 1. The number of hydrogen-bond acceptors (Lipinski definition) is 7. The average molecular weight is 465 g/mol. The summed E-state index contributed by atoms with van der Waals surface area (Å²) in [4.78, 5) is 25.7. The molecule has 0 aliphatic carbocycles. The summed E-state index contributed by atoms with van der Waals surface area (Å²) in [5, 5.41) is 9.45. The number of rotatable bonds is 7. The standard InChI is InChI=1S/C19H16N2O6S3/c1-12-2-8-15(9-3-12)30(25,26)20-21-18(24)16(29-19(21)28)10-13-4-6-14(7-5-13)27-11-17(22)23/h2-10,20H,11H2,1H3,(H,22,23)/b16-10+. The number of carbonyl (C=O) groups excluding carboxylic acids is 1. The first-order valence-corrected chi connectivity index (χ1v) is 11.2. The number of hydrazine groups is 1. The summed E-state index contributed by atoms with van der Waals surface area (Å²) in [6.45, 7) is 1.38. The molecule has 1 aliphatic rings. The van der Waals surface area contributed by atoms with Gasteiger partial charge >= 0.3 is 5.97 Å². The van der Waals surface area contributed by atoms with E-state index in [9.17, 15) is 18.0 Å². The Morgan fingerprint density at radius 3 is 2.43 bits per heavy atom. The highest BCUT2D eigenvalue weighted by Crippen LogP contribution is 2.32. The molecule has 8 nitrogen and oxygen atoms in total. The third-order valence-electron chi connectivity index (χ3n) is 3.88. The quantitative estimate of drug-likeness (QED) is 0.475. The number of aliphatic carboxylic acids is 1. The van der Waals surface area contributed by atoms with Crippen molar-refractivity contribution in [2.45, 2.75) is 11.8 Å². The van der Waals surface area contributed by atoms with Crippen molar-refractivity contribution in [3.8, 4) is 5.75 Å². The van der Waals surface area contributed by atoms with E-state index >= 15 is 0 Å². The van der Waals surface area contributed by atoms with Crippen molar-refractivity contribution >= 4 is 56.3 Å². The summed E-state index contributed by atoms with van der Waals surface area (Å²) in [7, 11) is -3.98. The molecule has 1 saturated heterocycles. The summed E-state index contributed by atoms with van der Waals surface area (Å²) in [5.41, 5.74) is 1.54. The minimum atomic E-state index is -3.98. The monoisotopic (exact) mass is 464 g/mol. The van der Waals surface area contributed by atoms with Crippen LogP contribution in [0.15, 0.2) is 58.3 Å². The molecule has 1 fully saturated rings. The van der Waals surface area contributed by atoms with Gasteiger partial charge in [-0.1, -0.05) is 53.8 Å². The minimum Gasteiger partial charge on any atom is -0.482 e. The Hall–Kier alpha value is -2.73. The van der Waals surface area contributed by atoms with E-state index in [-0.39, 0.29) is 14.1 Å². The highest BCUT2D eigenvalue weighted by molar-refractivity contribution is 8.26. The van der Waals surface area contributed by atoms with Crippen molar-refractivity contribution in [3.05, 3.63) is 64.6 Å². The topological polar surface area (TPSA) is 113 Å². The fourth-order valence-corrected chi connectivity index (χ4v) is 4.70. The number of sulfonamides is 1. The maximum absolute atomic E-state index is 12.7. The number of thiocarbonyl (C=S) groups is 1. The van der Waals surface area contributed by atoms with E-state index < -0.39 is 28.5 Å². The lowest BCUT2D eigenvalue weighted by Crippen LogP contribution is -2.44. The van der Waals surface area contributed by atoms with Gasteiger partial charge in [-0.2, -0.15) is 0 Å². The van der Waals surface area contributed by atoms with Crippen LogP contribution in [0.25, 0.3) is 6.08 Å². The first kappa shape index (κ1) is 22.0. The first-order valence-electron chi connectivity index (χ1n) is 8.47. The largest absolute Gasteiger partial charge is 0.482 e. The Morgan fingerprint density at radius 1 is 1.20 bits per heavy atom. The Labute approximate surface area is 182 Å². The molecule has 2 N–H and O–H groups in total. The number of carbonyl (C=O) groups is 2. The second-order valence-corrected chi connectivity index (χ2v) is 9.51. The van der Waals surface area contributed by atoms with Crippen LogP contribution in [-0.4, -0.2) is 41.3 Å². The number of nitrogens with zero attached hydrogens (tertiary/aromatic N) is 1. The Balaban J connectivity index is 1.74. The van der Waals surface area contributed by atoms with Gasteiger partial charge < -0.3 is 9.84 Å². The molecule has 2 aromatic rings. The van der Waals surface area contributed by atoms with Crippen LogP contribution in [0.1, 0.15) is 11.1 Å². The zero-order valence-corrected chi connectivity index (χ0v) is 18.0. The summed E-state index contributed by atoms with van der Waals surface area (Å²) >= 11 is 6.12. The number of nitrogens with one attached hydrogen (secondary N) is 1. The van der Waals surface area contributed by atoms with Gasteiger partial charge in [0.25, 0.3) is 15.9 Å². The lowest BCUT2D eigenvalue weighted by atomic mass is 10.2. The number of aryl methyl sites for hydroxylation is 1. The molecule has 11 heteroatoms. The molecule has 3 rings (SSSR count). The van der Waals surface area contributed by atoms with E-state index in [0.29, 0.717) is 11.3 Å². The molecule has 2 aromatic carbocycles. The van der Waals surface area contributed by atoms with Gasteiger partial charge in [0.05, 0.1) is 9.80 Å². The van der Waals surface area contributed by atoms with Gasteiger partial charge in [-0.25, -0.2) is 18.2 Å². The number of thioether (sulfide) groups is 1. The van der Waals surface area contributed by atoms with Crippen molar-refractivity contribution < 1.29 is 27.9 Å². The van der Waals surface area contributed by atoms with Gasteiger partial charge in [0.15, 0.2) is 10.9 Å².